The van der Waals surface area contributed by atoms with Crippen LogP contribution in [0.25, 0.3) is 16.8 Å². The lowest BCUT2D eigenvalue weighted by atomic mass is 9.91. The topological polar surface area (TPSA) is 60.7 Å². The van der Waals surface area contributed by atoms with E-state index >= 15 is 0 Å². The van der Waals surface area contributed by atoms with E-state index in [-0.39, 0.29) is 18.0 Å². The Balaban J connectivity index is 1.80. The maximum absolute atomic E-state index is 13.7. The third-order valence-electron chi connectivity index (χ3n) is 5.80. The largest absolute Gasteiger partial charge is 0.463 e. The van der Waals surface area contributed by atoms with Gasteiger partial charge in [0.25, 0.3) is 5.56 Å². The van der Waals surface area contributed by atoms with Gasteiger partial charge in [-0.1, -0.05) is 65.9 Å². The smallest absolute Gasteiger partial charge is 0.338 e. The maximum Gasteiger partial charge on any atom is 0.338 e. The lowest BCUT2D eigenvalue weighted by Crippen LogP contribution is -2.40. The Bertz CT molecular complexity index is 1630. The van der Waals surface area contributed by atoms with E-state index in [2.05, 4.69) is 4.99 Å². The minimum absolute atomic E-state index is 0.215. The van der Waals surface area contributed by atoms with E-state index in [4.69, 9.17) is 4.74 Å². The molecule has 1 atom stereocenters. The van der Waals surface area contributed by atoms with Crippen LogP contribution in [0.3, 0.4) is 0 Å². The summed E-state index contributed by atoms with van der Waals surface area (Å²) in [5, 5.41) is 1.95. The summed E-state index contributed by atoms with van der Waals surface area (Å²) in [6, 6.07) is 19.0. The Labute approximate surface area is 198 Å². The first kappa shape index (κ1) is 22.0. The molecule has 5 nitrogen and oxygen atoms in total. The third-order valence-corrected chi connectivity index (χ3v) is 6.79. The van der Waals surface area contributed by atoms with E-state index in [0.717, 1.165) is 16.3 Å². The molecule has 2 heterocycles. The van der Waals surface area contributed by atoms with Gasteiger partial charge in [0, 0.05) is 0 Å². The van der Waals surface area contributed by atoms with Crippen LogP contribution in [0.2, 0.25) is 0 Å². The average molecular weight is 473 g/mol. The highest BCUT2D eigenvalue weighted by Gasteiger charge is 2.34. The van der Waals surface area contributed by atoms with Crippen LogP contribution >= 0.6 is 11.3 Å². The molecular formula is C27H21FN2O3S. The third kappa shape index (κ3) is 3.78. The molecule has 0 saturated heterocycles. The molecule has 1 aliphatic rings. The molecular weight excluding hydrogens is 451 g/mol. The molecule has 0 N–H and O–H groups in total. The fourth-order valence-corrected chi connectivity index (χ4v) is 5.33. The van der Waals surface area contributed by atoms with E-state index < -0.39 is 12.0 Å². The molecule has 1 unspecified atom stereocenters. The highest BCUT2D eigenvalue weighted by atomic mass is 32.1. The Kier molecular flexibility index (Phi) is 5.71. The quantitative estimate of drug-likeness (QED) is 0.421. The van der Waals surface area contributed by atoms with Gasteiger partial charge in [-0.2, -0.15) is 0 Å². The van der Waals surface area contributed by atoms with Crippen LogP contribution < -0.4 is 14.9 Å². The Morgan fingerprint density at radius 2 is 1.85 bits per heavy atom. The second kappa shape index (κ2) is 8.83. The van der Waals surface area contributed by atoms with E-state index in [1.54, 1.807) is 36.6 Å². The molecule has 0 saturated carbocycles. The van der Waals surface area contributed by atoms with Gasteiger partial charge in [-0.15, -0.1) is 0 Å². The summed E-state index contributed by atoms with van der Waals surface area (Å²) in [6.45, 7) is 3.73. The van der Waals surface area contributed by atoms with Gasteiger partial charge in [0.1, 0.15) is 5.82 Å². The predicted octanol–water partition coefficient (Wildman–Crippen LogP) is 4.09. The number of hydrogen-bond acceptors (Lipinski definition) is 5. The molecule has 0 bridgehead atoms. The molecule has 4 aromatic rings. The first-order valence-corrected chi connectivity index (χ1v) is 11.7. The van der Waals surface area contributed by atoms with Crippen molar-refractivity contribution in [2.75, 3.05) is 6.61 Å². The van der Waals surface area contributed by atoms with Crippen LogP contribution in [0.1, 0.15) is 31.0 Å². The minimum Gasteiger partial charge on any atom is -0.463 e. The molecule has 1 aliphatic heterocycles. The van der Waals surface area contributed by atoms with Crippen molar-refractivity contribution in [3.63, 3.8) is 0 Å². The minimum atomic E-state index is -0.684. The normalized spacial score (nSPS) is 15.9. The van der Waals surface area contributed by atoms with Gasteiger partial charge < -0.3 is 4.74 Å². The van der Waals surface area contributed by atoms with Crippen molar-refractivity contribution >= 4 is 34.2 Å². The zero-order valence-electron chi connectivity index (χ0n) is 18.6. The first-order valence-electron chi connectivity index (χ1n) is 10.9. The summed E-state index contributed by atoms with van der Waals surface area (Å²) < 4.78 is 20.7. The highest BCUT2D eigenvalue weighted by Crippen LogP contribution is 2.34. The second-order valence-corrected chi connectivity index (χ2v) is 8.93. The number of fused-ring (bicyclic) bond motifs is 2. The van der Waals surface area contributed by atoms with Gasteiger partial charge in [0.2, 0.25) is 0 Å². The van der Waals surface area contributed by atoms with Crippen molar-refractivity contribution in [2.24, 2.45) is 4.99 Å². The average Bonchev–Trinajstić information content (AvgIpc) is 3.13. The summed E-state index contributed by atoms with van der Waals surface area (Å²) >= 11 is 1.24. The molecule has 0 amide bonds. The number of rotatable bonds is 4. The van der Waals surface area contributed by atoms with Gasteiger partial charge in [0.05, 0.1) is 28.5 Å². The molecule has 0 spiro atoms. The first-order chi connectivity index (χ1) is 16.5. The zero-order valence-corrected chi connectivity index (χ0v) is 19.4. The fourth-order valence-electron chi connectivity index (χ4n) is 4.29. The van der Waals surface area contributed by atoms with Crippen molar-refractivity contribution in [1.82, 2.24) is 4.57 Å². The number of benzene rings is 3. The number of carbonyl (C=O) groups excluding carboxylic acids is 1. The zero-order chi connectivity index (χ0) is 23.8. The molecule has 5 rings (SSSR count). The van der Waals surface area contributed by atoms with E-state index in [0.29, 0.717) is 26.2 Å². The summed E-state index contributed by atoms with van der Waals surface area (Å²) in [6.07, 6.45) is 1.72. The number of hydrogen-bond donors (Lipinski definition) is 0. The molecule has 0 fully saturated rings. The van der Waals surface area contributed by atoms with Crippen LogP contribution in [0, 0.1) is 5.82 Å². The summed E-state index contributed by atoms with van der Waals surface area (Å²) in [5.74, 6) is -0.834. The highest BCUT2D eigenvalue weighted by molar-refractivity contribution is 7.07. The Hall–Kier alpha value is -3.84. The molecule has 34 heavy (non-hydrogen) atoms. The van der Waals surface area contributed by atoms with E-state index in [9.17, 15) is 14.0 Å². The molecule has 0 radical (unpaired) electrons. The van der Waals surface area contributed by atoms with Gasteiger partial charge in [-0.3, -0.25) is 9.36 Å². The number of allylic oxidation sites excluding steroid dienone is 1. The molecule has 0 aliphatic carbocycles. The number of esters is 1. The molecule has 7 heteroatoms. The number of nitrogens with zero attached hydrogens (tertiary/aromatic N) is 2. The van der Waals surface area contributed by atoms with Gasteiger partial charge >= 0.3 is 5.97 Å². The predicted molar refractivity (Wildman–Crippen MR) is 131 cm³/mol. The van der Waals surface area contributed by atoms with Gasteiger partial charge in [0.15, 0.2) is 4.80 Å². The van der Waals surface area contributed by atoms with Crippen LogP contribution in [-0.4, -0.2) is 17.1 Å². The van der Waals surface area contributed by atoms with Crippen molar-refractivity contribution in [1.29, 1.82) is 0 Å². The molecule has 3 aromatic carbocycles. The Morgan fingerprint density at radius 3 is 2.62 bits per heavy atom. The molecule has 1 aromatic heterocycles. The van der Waals surface area contributed by atoms with E-state index in [1.807, 2.05) is 42.5 Å². The standard InChI is InChI=1S/C27H21FN2O3S/c1-3-33-26(32)23-16(2)29-27-30(24(23)21-10-6-8-18-7-4-5-9-20(18)21)25(31)22(34-27)15-17-11-13-19(28)14-12-17/h4-15,24H,3H2,1-2H3. The number of carbonyl (C=O) groups is 1. The van der Waals surface area contributed by atoms with Crippen molar-refractivity contribution in [3.8, 4) is 0 Å². The number of ether oxygens (including phenoxy) is 1. The second-order valence-electron chi connectivity index (χ2n) is 7.92. The lowest BCUT2D eigenvalue weighted by molar-refractivity contribution is -0.139. The van der Waals surface area contributed by atoms with Crippen molar-refractivity contribution < 1.29 is 13.9 Å². The van der Waals surface area contributed by atoms with Crippen LogP contribution in [0.15, 0.2) is 87.8 Å². The summed E-state index contributed by atoms with van der Waals surface area (Å²) in [5.41, 5.74) is 2.13. The fraction of sp³-hybridized carbons (Fsp3) is 0.148. The monoisotopic (exact) mass is 472 g/mol. The van der Waals surface area contributed by atoms with Gasteiger partial charge in [-0.25, -0.2) is 14.2 Å². The van der Waals surface area contributed by atoms with Crippen LogP contribution in [0.5, 0.6) is 0 Å². The SMILES string of the molecule is CCOC(=O)C1=C(C)N=c2sc(=Cc3ccc(F)cc3)c(=O)n2C1c1cccc2ccccc12. The number of halogens is 1. The van der Waals surface area contributed by atoms with Gasteiger partial charge in [-0.05, 0) is 54.0 Å². The van der Waals surface area contributed by atoms with Crippen LogP contribution in [0.4, 0.5) is 4.39 Å². The van der Waals surface area contributed by atoms with Crippen molar-refractivity contribution in [2.45, 2.75) is 19.9 Å². The maximum atomic E-state index is 13.7. The van der Waals surface area contributed by atoms with E-state index in [1.165, 1.54) is 23.5 Å². The van der Waals surface area contributed by atoms with Crippen molar-refractivity contribution in [3.05, 3.63) is 115 Å². The Morgan fingerprint density at radius 1 is 1.12 bits per heavy atom. The summed E-state index contributed by atoms with van der Waals surface area (Å²) in [4.78, 5) is 31.9. The van der Waals surface area contributed by atoms with Crippen LogP contribution in [-0.2, 0) is 9.53 Å². The number of aromatic nitrogens is 1. The summed E-state index contributed by atoms with van der Waals surface area (Å²) in [7, 11) is 0. The lowest BCUT2D eigenvalue weighted by Gasteiger charge is -2.25. The molecule has 170 valence electrons. The number of thiazole rings is 1.